The van der Waals surface area contributed by atoms with E-state index in [1.807, 2.05) is 49.4 Å². The molecule has 1 N–H and O–H groups in total. The summed E-state index contributed by atoms with van der Waals surface area (Å²) in [6.45, 7) is 0. The van der Waals surface area contributed by atoms with Crippen LogP contribution in [0.15, 0.2) is 30.6 Å². The van der Waals surface area contributed by atoms with Crippen molar-refractivity contribution in [3.63, 3.8) is 0 Å². The molecular weight excluding hydrogens is 361 g/mol. The number of hydrogen-bond donors (Lipinski definition) is 1. The Morgan fingerprint density at radius 1 is 1.50 bits per heavy atom. The average molecular weight is 376 g/mol. The number of rotatable bonds is 4. The topological polar surface area (TPSA) is 29.9 Å². The molecule has 0 saturated heterocycles. The van der Waals surface area contributed by atoms with Gasteiger partial charge in [-0.1, -0.05) is 11.6 Å². The number of nitrogens with zero attached hydrogens (tertiary/aromatic N) is 2. The zero-order valence-corrected chi connectivity index (χ0v) is 13.2. The van der Waals surface area contributed by atoms with E-state index in [1.165, 1.54) is 14.7 Å². The molecule has 2 aromatic rings. The predicted octanol–water partition coefficient (Wildman–Crippen LogP) is 3.18. The highest BCUT2D eigenvalue weighted by molar-refractivity contribution is 14.1. The molecule has 0 aliphatic heterocycles. The third-order valence-corrected chi connectivity index (χ3v) is 4.10. The maximum absolute atomic E-state index is 6.08. The molecular formula is C13H15ClIN3. The van der Waals surface area contributed by atoms with Crippen LogP contribution in [0, 0.1) is 3.57 Å². The molecule has 1 heterocycles. The van der Waals surface area contributed by atoms with Gasteiger partial charge in [0.05, 0.1) is 6.20 Å². The lowest BCUT2D eigenvalue weighted by molar-refractivity contribution is 0.589. The second-order valence-electron chi connectivity index (χ2n) is 4.23. The lowest BCUT2D eigenvalue weighted by Gasteiger charge is -2.17. The second kappa shape index (κ2) is 6.04. The zero-order chi connectivity index (χ0) is 13.1. The number of nitrogens with one attached hydrogen (secondary N) is 1. The van der Waals surface area contributed by atoms with E-state index in [0.717, 1.165) is 11.4 Å². The first kappa shape index (κ1) is 13.8. The maximum Gasteiger partial charge on any atom is 0.0522 e. The molecule has 0 fully saturated rings. The Labute approximate surface area is 126 Å². The van der Waals surface area contributed by atoms with E-state index < -0.39 is 0 Å². The highest BCUT2D eigenvalue weighted by Gasteiger charge is 2.14. The first-order chi connectivity index (χ1) is 8.60. The van der Waals surface area contributed by atoms with Crippen LogP contribution in [0.5, 0.6) is 0 Å². The SMILES string of the molecule is CNC(Cc1cnn(C)c1)c1cc(Cl)ccc1I. The average Bonchev–Trinajstić information content (AvgIpc) is 2.75. The Bertz CT molecular complexity index is 539. The van der Waals surface area contributed by atoms with Crippen molar-refractivity contribution in [2.45, 2.75) is 12.5 Å². The van der Waals surface area contributed by atoms with E-state index in [0.29, 0.717) is 0 Å². The van der Waals surface area contributed by atoms with Crippen LogP contribution in [-0.4, -0.2) is 16.8 Å². The molecule has 1 unspecified atom stereocenters. The van der Waals surface area contributed by atoms with Crippen LogP contribution < -0.4 is 5.32 Å². The predicted molar refractivity (Wildman–Crippen MR) is 82.9 cm³/mol. The standard InChI is InChI=1S/C13H15ClIN3/c1-16-13(5-9-7-17-18(2)8-9)11-6-10(14)3-4-12(11)15/h3-4,6-8,13,16H,5H2,1-2H3. The Morgan fingerprint density at radius 2 is 2.28 bits per heavy atom. The summed E-state index contributed by atoms with van der Waals surface area (Å²) in [5.41, 5.74) is 2.45. The number of hydrogen-bond acceptors (Lipinski definition) is 2. The second-order valence-corrected chi connectivity index (χ2v) is 5.83. The minimum atomic E-state index is 0.250. The van der Waals surface area contributed by atoms with Crippen molar-refractivity contribution in [2.24, 2.45) is 7.05 Å². The van der Waals surface area contributed by atoms with Crippen molar-refractivity contribution in [2.75, 3.05) is 7.05 Å². The zero-order valence-electron chi connectivity index (χ0n) is 10.3. The summed E-state index contributed by atoms with van der Waals surface area (Å²) in [4.78, 5) is 0. The summed E-state index contributed by atoms with van der Waals surface area (Å²) in [7, 11) is 3.90. The monoisotopic (exact) mass is 375 g/mol. The molecule has 0 radical (unpaired) electrons. The van der Waals surface area contributed by atoms with Gasteiger partial charge in [0.15, 0.2) is 0 Å². The summed E-state index contributed by atoms with van der Waals surface area (Å²) in [5.74, 6) is 0. The molecule has 0 aliphatic rings. The smallest absolute Gasteiger partial charge is 0.0522 e. The summed E-state index contributed by atoms with van der Waals surface area (Å²) in [6.07, 6.45) is 4.85. The molecule has 18 heavy (non-hydrogen) atoms. The fourth-order valence-corrected chi connectivity index (χ4v) is 2.85. The molecule has 3 nitrogen and oxygen atoms in total. The van der Waals surface area contributed by atoms with Crippen LogP contribution >= 0.6 is 34.2 Å². The van der Waals surface area contributed by atoms with Crippen LogP contribution in [0.1, 0.15) is 17.2 Å². The van der Waals surface area contributed by atoms with Gasteiger partial charge in [-0.05, 0) is 65.4 Å². The summed E-state index contributed by atoms with van der Waals surface area (Å²) in [6, 6.07) is 6.25. The van der Waals surface area contributed by atoms with Crippen molar-refractivity contribution in [3.05, 3.63) is 50.3 Å². The Morgan fingerprint density at radius 3 is 2.89 bits per heavy atom. The highest BCUT2D eigenvalue weighted by atomic mass is 127. The van der Waals surface area contributed by atoms with Gasteiger partial charge in [-0.2, -0.15) is 5.10 Å². The fraction of sp³-hybridized carbons (Fsp3) is 0.308. The number of halogens is 2. The van der Waals surface area contributed by atoms with E-state index in [9.17, 15) is 0 Å². The number of aryl methyl sites for hydroxylation is 1. The first-order valence-electron chi connectivity index (χ1n) is 5.70. The van der Waals surface area contributed by atoms with Crippen LogP contribution in [-0.2, 0) is 13.5 Å². The van der Waals surface area contributed by atoms with Gasteiger partial charge in [-0.25, -0.2) is 0 Å². The van der Waals surface area contributed by atoms with E-state index in [4.69, 9.17) is 11.6 Å². The van der Waals surface area contributed by atoms with Crippen LogP contribution in [0.2, 0.25) is 5.02 Å². The van der Waals surface area contributed by atoms with E-state index >= 15 is 0 Å². The summed E-state index contributed by atoms with van der Waals surface area (Å²) < 4.78 is 3.05. The van der Waals surface area contributed by atoms with Gasteiger partial charge in [0.1, 0.15) is 0 Å². The van der Waals surface area contributed by atoms with Gasteiger partial charge in [-0.3, -0.25) is 4.68 Å². The molecule has 1 aromatic heterocycles. The lowest BCUT2D eigenvalue weighted by Crippen LogP contribution is -2.19. The Kier molecular flexibility index (Phi) is 4.64. The van der Waals surface area contributed by atoms with Crippen molar-refractivity contribution < 1.29 is 0 Å². The minimum absolute atomic E-state index is 0.250. The third kappa shape index (κ3) is 3.24. The molecule has 2 rings (SSSR count). The molecule has 5 heteroatoms. The van der Waals surface area contributed by atoms with Crippen molar-refractivity contribution in [1.29, 1.82) is 0 Å². The van der Waals surface area contributed by atoms with Crippen LogP contribution in [0.4, 0.5) is 0 Å². The van der Waals surface area contributed by atoms with E-state index in [1.54, 1.807) is 0 Å². The number of benzene rings is 1. The van der Waals surface area contributed by atoms with Crippen molar-refractivity contribution in [3.8, 4) is 0 Å². The van der Waals surface area contributed by atoms with Crippen LogP contribution in [0.3, 0.4) is 0 Å². The van der Waals surface area contributed by atoms with Gasteiger partial charge in [0.25, 0.3) is 0 Å². The normalized spacial score (nSPS) is 12.7. The Balaban J connectivity index is 2.25. The quantitative estimate of drug-likeness (QED) is 0.832. The molecule has 0 saturated carbocycles. The maximum atomic E-state index is 6.08. The van der Waals surface area contributed by atoms with Gasteiger partial charge < -0.3 is 5.32 Å². The van der Waals surface area contributed by atoms with Crippen molar-refractivity contribution in [1.82, 2.24) is 15.1 Å². The lowest BCUT2D eigenvalue weighted by atomic mass is 10.0. The molecule has 1 atom stereocenters. The molecule has 1 aromatic carbocycles. The molecule has 0 spiro atoms. The molecule has 0 amide bonds. The highest BCUT2D eigenvalue weighted by Crippen LogP contribution is 2.26. The van der Waals surface area contributed by atoms with E-state index in [2.05, 4.69) is 33.0 Å². The Hall–Kier alpha value is -0.590. The first-order valence-corrected chi connectivity index (χ1v) is 7.15. The van der Waals surface area contributed by atoms with Crippen LogP contribution in [0.25, 0.3) is 0 Å². The van der Waals surface area contributed by atoms with Crippen molar-refractivity contribution >= 4 is 34.2 Å². The number of aromatic nitrogens is 2. The summed E-state index contributed by atoms with van der Waals surface area (Å²) >= 11 is 8.42. The summed E-state index contributed by atoms with van der Waals surface area (Å²) in [5, 5.41) is 8.32. The molecule has 96 valence electrons. The fourth-order valence-electron chi connectivity index (χ4n) is 1.96. The molecule has 0 aliphatic carbocycles. The van der Waals surface area contributed by atoms with Gasteiger partial charge in [0, 0.05) is 27.9 Å². The molecule has 0 bridgehead atoms. The minimum Gasteiger partial charge on any atom is -0.313 e. The van der Waals surface area contributed by atoms with E-state index in [-0.39, 0.29) is 6.04 Å². The third-order valence-electron chi connectivity index (χ3n) is 2.88. The van der Waals surface area contributed by atoms with Gasteiger partial charge in [-0.15, -0.1) is 0 Å². The number of likely N-dealkylation sites (N-methyl/N-ethyl adjacent to an activating group) is 1. The van der Waals surface area contributed by atoms with Gasteiger partial charge in [0.2, 0.25) is 0 Å². The largest absolute Gasteiger partial charge is 0.313 e. The van der Waals surface area contributed by atoms with Gasteiger partial charge >= 0.3 is 0 Å².